The second-order valence-electron chi connectivity index (χ2n) is 5.57. The highest BCUT2D eigenvalue weighted by Gasteiger charge is 2.24. The molecule has 1 fully saturated rings. The lowest BCUT2D eigenvalue weighted by atomic mass is 9.94. The summed E-state index contributed by atoms with van der Waals surface area (Å²) in [6, 6.07) is 0. The van der Waals surface area contributed by atoms with Crippen LogP contribution in [-0.2, 0) is 9.47 Å². The van der Waals surface area contributed by atoms with Gasteiger partial charge in [-0.2, -0.15) is 0 Å². The van der Waals surface area contributed by atoms with E-state index < -0.39 is 0 Å². The first-order chi connectivity index (χ1) is 8.88. The molecule has 0 N–H and O–H groups in total. The van der Waals surface area contributed by atoms with Crippen LogP contribution in [0.15, 0.2) is 0 Å². The fourth-order valence-electron chi connectivity index (χ4n) is 2.68. The highest BCUT2D eigenvalue weighted by atomic mass is 16.7. The molecule has 1 unspecified atom stereocenters. The topological polar surface area (TPSA) is 18.5 Å². The Morgan fingerprint density at radius 2 is 1.39 bits per heavy atom. The average Bonchev–Trinajstić information content (AvgIpc) is 2.42. The number of unbranched alkanes of at least 4 members (excludes halogenated alkanes) is 5. The summed E-state index contributed by atoms with van der Waals surface area (Å²) in [6.07, 6.45) is 13.1. The molecule has 1 heterocycles. The van der Waals surface area contributed by atoms with Gasteiger partial charge in [0.2, 0.25) is 0 Å². The van der Waals surface area contributed by atoms with Crippen molar-refractivity contribution in [3.8, 4) is 0 Å². The first-order valence-electron chi connectivity index (χ1n) is 8.11. The SMILES string of the molecule is CCCCCCC(CCCCC)C1OCCCO1. The van der Waals surface area contributed by atoms with Crippen molar-refractivity contribution >= 4 is 0 Å². The van der Waals surface area contributed by atoms with E-state index in [-0.39, 0.29) is 6.29 Å². The molecule has 0 bridgehead atoms. The lowest BCUT2D eigenvalue weighted by Gasteiger charge is -2.30. The molecular formula is C16H32O2. The van der Waals surface area contributed by atoms with Gasteiger partial charge in [0.1, 0.15) is 0 Å². The predicted octanol–water partition coefficient (Wildman–Crippen LogP) is 4.92. The second kappa shape index (κ2) is 10.8. The summed E-state index contributed by atoms with van der Waals surface area (Å²) < 4.78 is 11.6. The smallest absolute Gasteiger partial charge is 0.160 e. The third-order valence-electron chi connectivity index (χ3n) is 3.84. The Morgan fingerprint density at radius 3 is 2.00 bits per heavy atom. The van der Waals surface area contributed by atoms with Gasteiger partial charge in [0.15, 0.2) is 6.29 Å². The van der Waals surface area contributed by atoms with Crippen molar-refractivity contribution in [2.45, 2.75) is 84.3 Å². The van der Waals surface area contributed by atoms with Crippen molar-refractivity contribution < 1.29 is 9.47 Å². The van der Waals surface area contributed by atoms with Gasteiger partial charge in [-0.25, -0.2) is 0 Å². The minimum atomic E-state index is 0.0947. The van der Waals surface area contributed by atoms with Crippen molar-refractivity contribution in [2.24, 2.45) is 5.92 Å². The molecule has 0 aromatic carbocycles. The summed E-state index contributed by atoms with van der Waals surface area (Å²) >= 11 is 0. The molecule has 0 radical (unpaired) electrons. The number of ether oxygens (including phenoxy) is 2. The Balaban J connectivity index is 2.25. The number of rotatable bonds is 10. The molecular weight excluding hydrogens is 224 g/mol. The average molecular weight is 256 g/mol. The molecule has 0 spiro atoms. The zero-order valence-electron chi connectivity index (χ0n) is 12.5. The largest absolute Gasteiger partial charge is 0.352 e. The summed E-state index contributed by atoms with van der Waals surface area (Å²) in [5, 5.41) is 0. The van der Waals surface area contributed by atoms with Gasteiger partial charge in [0.05, 0.1) is 13.2 Å². The van der Waals surface area contributed by atoms with Crippen LogP contribution in [0.25, 0.3) is 0 Å². The van der Waals surface area contributed by atoms with Crippen molar-refractivity contribution in [3.63, 3.8) is 0 Å². The maximum Gasteiger partial charge on any atom is 0.160 e. The first kappa shape index (κ1) is 16.0. The summed E-state index contributed by atoms with van der Waals surface area (Å²) in [5.74, 6) is 0.633. The minimum absolute atomic E-state index is 0.0947. The van der Waals surface area contributed by atoms with Gasteiger partial charge >= 0.3 is 0 Å². The molecule has 108 valence electrons. The molecule has 0 aliphatic carbocycles. The van der Waals surface area contributed by atoms with Crippen LogP contribution in [-0.4, -0.2) is 19.5 Å². The Bertz CT molecular complexity index is 176. The normalized spacial score (nSPS) is 19.0. The first-order valence-corrected chi connectivity index (χ1v) is 8.11. The van der Waals surface area contributed by atoms with Gasteiger partial charge in [0.25, 0.3) is 0 Å². The van der Waals surface area contributed by atoms with Crippen molar-refractivity contribution in [2.75, 3.05) is 13.2 Å². The third kappa shape index (κ3) is 6.75. The van der Waals surface area contributed by atoms with E-state index in [1.165, 1.54) is 57.8 Å². The Kier molecular flexibility index (Phi) is 9.59. The molecule has 2 heteroatoms. The van der Waals surface area contributed by atoms with E-state index in [1.807, 2.05) is 0 Å². The van der Waals surface area contributed by atoms with Crippen molar-refractivity contribution in [3.05, 3.63) is 0 Å². The van der Waals surface area contributed by atoms with Gasteiger partial charge < -0.3 is 9.47 Å². The van der Waals surface area contributed by atoms with Gasteiger partial charge in [-0.1, -0.05) is 58.8 Å². The number of hydrogen-bond donors (Lipinski definition) is 0. The molecule has 1 aliphatic heterocycles. The minimum Gasteiger partial charge on any atom is -0.352 e. The molecule has 0 saturated carbocycles. The van der Waals surface area contributed by atoms with E-state index in [2.05, 4.69) is 13.8 Å². The van der Waals surface area contributed by atoms with Crippen LogP contribution < -0.4 is 0 Å². The highest BCUT2D eigenvalue weighted by Crippen LogP contribution is 2.26. The quantitative estimate of drug-likeness (QED) is 0.517. The fraction of sp³-hybridized carbons (Fsp3) is 1.00. The van der Waals surface area contributed by atoms with Crippen LogP contribution in [0.1, 0.15) is 78.1 Å². The standard InChI is InChI=1S/C16H32O2/c1-3-5-7-9-12-15(11-8-6-4-2)16-17-13-10-14-18-16/h15-16H,3-14H2,1-2H3. The lowest BCUT2D eigenvalue weighted by molar-refractivity contribution is -0.207. The summed E-state index contributed by atoms with van der Waals surface area (Å²) in [5.41, 5.74) is 0. The van der Waals surface area contributed by atoms with Crippen LogP contribution in [0.2, 0.25) is 0 Å². The highest BCUT2D eigenvalue weighted by molar-refractivity contribution is 4.67. The van der Waals surface area contributed by atoms with Crippen molar-refractivity contribution in [1.82, 2.24) is 0 Å². The van der Waals surface area contributed by atoms with Gasteiger partial charge in [-0.15, -0.1) is 0 Å². The molecule has 1 atom stereocenters. The van der Waals surface area contributed by atoms with Crippen LogP contribution >= 0.6 is 0 Å². The van der Waals surface area contributed by atoms with Crippen LogP contribution in [0, 0.1) is 5.92 Å². The Morgan fingerprint density at radius 1 is 0.833 bits per heavy atom. The summed E-state index contributed by atoms with van der Waals surface area (Å²) in [7, 11) is 0. The maximum absolute atomic E-state index is 5.81. The number of hydrogen-bond acceptors (Lipinski definition) is 2. The lowest BCUT2D eigenvalue weighted by Crippen LogP contribution is -2.32. The molecule has 1 rings (SSSR count). The summed E-state index contributed by atoms with van der Waals surface area (Å²) in [6.45, 7) is 6.32. The zero-order chi connectivity index (χ0) is 13.1. The van der Waals surface area contributed by atoms with Crippen LogP contribution in [0.3, 0.4) is 0 Å². The van der Waals surface area contributed by atoms with Gasteiger partial charge in [-0.05, 0) is 19.3 Å². The van der Waals surface area contributed by atoms with E-state index >= 15 is 0 Å². The van der Waals surface area contributed by atoms with E-state index in [0.717, 1.165) is 19.6 Å². The maximum atomic E-state index is 5.81. The molecule has 0 amide bonds. The molecule has 1 saturated heterocycles. The summed E-state index contributed by atoms with van der Waals surface area (Å²) in [4.78, 5) is 0. The monoisotopic (exact) mass is 256 g/mol. The van der Waals surface area contributed by atoms with Crippen LogP contribution in [0.4, 0.5) is 0 Å². The zero-order valence-corrected chi connectivity index (χ0v) is 12.5. The van der Waals surface area contributed by atoms with E-state index in [0.29, 0.717) is 5.92 Å². The Hall–Kier alpha value is -0.0800. The fourth-order valence-corrected chi connectivity index (χ4v) is 2.68. The molecule has 18 heavy (non-hydrogen) atoms. The van der Waals surface area contributed by atoms with E-state index in [9.17, 15) is 0 Å². The molecule has 0 aromatic rings. The second-order valence-corrected chi connectivity index (χ2v) is 5.57. The molecule has 2 nitrogen and oxygen atoms in total. The molecule has 1 aliphatic rings. The van der Waals surface area contributed by atoms with E-state index in [1.54, 1.807) is 0 Å². The third-order valence-corrected chi connectivity index (χ3v) is 3.84. The predicted molar refractivity (Wildman–Crippen MR) is 76.7 cm³/mol. The Labute approximate surface area is 113 Å². The van der Waals surface area contributed by atoms with Gasteiger partial charge in [0, 0.05) is 5.92 Å². The van der Waals surface area contributed by atoms with Crippen molar-refractivity contribution in [1.29, 1.82) is 0 Å². The van der Waals surface area contributed by atoms with Crippen LogP contribution in [0.5, 0.6) is 0 Å². The van der Waals surface area contributed by atoms with Gasteiger partial charge in [-0.3, -0.25) is 0 Å². The van der Waals surface area contributed by atoms with E-state index in [4.69, 9.17) is 9.47 Å². The molecule has 0 aromatic heterocycles.